The van der Waals surface area contributed by atoms with Crippen molar-refractivity contribution >= 4 is 72.6 Å². The lowest BCUT2D eigenvalue weighted by Gasteiger charge is -2.20. The van der Waals surface area contributed by atoms with Crippen molar-refractivity contribution in [1.29, 1.82) is 0 Å². The maximum atomic E-state index is 12.6. The zero-order valence-corrected chi connectivity index (χ0v) is 70.3. The summed E-state index contributed by atoms with van der Waals surface area (Å²) in [6, 6.07) is 41.3. The number of amides is 1. The zero-order valence-electron chi connectivity index (χ0n) is 64.7. The van der Waals surface area contributed by atoms with Crippen molar-refractivity contribution in [3.8, 4) is 0 Å². The number of hydrogen-bond acceptors (Lipinski definition) is 32. The molecule has 20 atom stereocenters. The first-order valence-electron chi connectivity index (χ1n) is 37.6. The quantitative estimate of drug-likeness (QED) is 0.0308. The van der Waals surface area contributed by atoms with E-state index in [1.54, 1.807) is 91.0 Å². The third kappa shape index (κ3) is 24.7. The van der Waals surface area contributed by atoms with Crippen molar-refractivity contribution in [2.75, 3.05) is 79.2 Å². The standard InChI is InChI=1S/C20H22O8S2.C14H17NO4.C13H15BrO5S.C13H16O6S.C13H16O5S.C6H10O4/c1-13-3-7-15(8-4-13)29(21,22)27-17-11-25-20-18(12-26-19(17)20)28-30(23,24)16-9-5-14(2)6-10-16;16-12(13-7-4-8-18-13)9-15-14(17)19-10-11-5-2-1-3-6-11;2*1-8-2-4-9(5-3-8)20(15,16)19-11-7-18-12-10(14)6-17-13(11)12;1-10-4-6-11(7-5-10)19(15,16)18-13(9-14)12-3-2-8-17-12;7-3-1-9-6-4(8)2-10-5(3)6/h3-10,17-20H,11-12H2,1-2H3;1-7,12-13,16H,8-10H2,(H,15,17);2-5,10-13H,6-7H2,1H3;2-5,10-14H,6-7H2,1H3;2-7,12-14H,8-9H2,1H3;3-8H,1-2H2/t17-,18-,19-,20-;12-,13-;10-,11+,12+,13+;10-,11-,12-,13-;12-,13+;3-,4-,5-,6-/m100101/s1. The maximum Gasteiger partial charge on any atom is 0.407 e. The molecule has 1 amide bonds. The molecule has 10 aliphatic heterocycles. The first-order chi connectivity index (χ1) is 56.2. The molecule has 0 aromatic heterocycles. The van der Waals surface area contributed by atoms with Crippen LogP contribution in [-0.4, -0.2) is 274 Å². The number of aliphatic hydroxyl groups is 5. The fourth-order valence-electron chi connectivity index (χ4n) is 13.3. The van der Waals surface area contributed by atoms with Crippen molar-refractivity contribution in [3.63, 3.8) is 0 Å². The minimum atomic E-state index is -4.02. The number of benzene rings is 6. The Balaban J connectivity index is 0.000000142. The summed E-state index contributed by atoms with van der Waals surface area (Å²) >= 11 is 3.45. The molecule has 16 rings (SSSR count). The van der Waals surface area contributed by atoms with Crippen LogP contribution in [-0.2, 0) is 130 Å². The molecule has 6 aromatic rings. The van der Waals surface area contributed by atoms with Gasteiger partial charge in [0, 0.05) is 6.54 Å². The summed E-state index contributed by atoms with van der Waals surface area (Å²) in [5.74, 6) is 0. The van der Waals surface area contributed by atoms with E-state index in [0.717, 1.165) is 33.4 Å². The molecule has 0 aliphatic carbocycles. The topological polar surface area (TPSA) is 449 Å². The Labute approximate surface area is 694 Å². The molecule has 0 bridgehead atoms. The smallest absolute Gasteiger partial charge is 0.407 e. The lowest BCUT2D eigenvalue weighted by molar-refractivity contribution is 0.00185. The highest BCUT2D eigenvalue weighted by molar-refractivity contribution is 9.09. The van der Waals surface area contributed by atoms with Gasteiger partial charge in [0.05, 0.1) is 102 Å². The number of carbonyl (C=O) groups is 1. The van der Waals surface area contributed by atoms with Crippen molar-refractivity contribution in [1.82, 2.24) is 5.32 Å². The third-order valence-corrected chi connectivity index (χ3v) is 27.2. The third-order valence-electron chi connectivity index (χ3n) is 19.7. The monoisotopic (exact) mass is 1810 g/mol. The molecular weight excluding hydrogens is 1720 g/mol. The Kier molecular flexibility index (Phi) is 32.5. The van der Waals surface area contributed by atoms with E-state index in [9.17, 15) is 62.2 Å². The van der Waals surface area contributed by atoms with Crippen LogP contribution >= 0.6 is 15.9 Å². The van der Waals surface area contributed by atoms with E-state index in [-0.39, 0.29) is 119 Å². The van der Waals surface area contributed by atoms with Gasteiger partial charge in [-0.1, -0.05) is 159 Å². The molecule has 6 aromatic carbocycles. The second-order valence-electron chi connectivity index (χ2n) is 28.8. The van der Waals surface area contributed by atoms with Gasteiger partial charge in [-0.2, -0.15) is 42.1 Å². The van der Waals surface area contributed by atoms with Gasteiger partial charge in [-0.05, 0) is 101 Å². The van der Waals surface area contributed by atoms with E-state index < -0.39 is 149 Å². The van der Waals surface area contributed by atoms with Crippen LogP contribution in [0.5, 0.6) is 0 Å². The number of fused-ring (bicyclic) bond motifs is 4. The molecule has 39 heteroatoms. The molecule has 10 heterocycles. The Morgan fingerprint density at radius 1 is 0.407 bits per heavy atom. The van der Waals surface area contributed by atoms with Gasteiger partial charge in [-0.15, -0.1) is 0 Å². The summed E-state index contributed by atoms with van der Waals surface area (Å²) in [4.78, 5) is 11.9. The number of aliphatic hydroxyl groups excluding tert-OH is 5. The van der Waals surface area contributed by atoms with Crippen molar-refractivity contribution in [3.05, 3.63) is 209 Å². The molecule has 33 nitrogen and oxygen atoms in total. The van der Waals surface area contributed by atoms with Gasteiger partial charge in [-0.3, -0.25) is 20.9 Å². The molecule has 8 fully saturated rings. The summed E-state index contributed by atoms with van der Waals surface area (Å²) < 4.78 is 208. The first-order valence-corrected chi connectivity index (χ1v) is 45.5. The number of alkyl carbamates (subject to hydrolysis) is 1. The largest absolute Gasteiger partial charge is 0.445 e. The summed E-state index contributed by atoms with van der Waals surface area (Å²) in [7, 11) is -19.6. The minimum Gasteiger partial charge on any atom is -0.445 e. The summed E-state index contributed by atoms with van der Waals surface area (Å²) in [5, 5.41) is 49.4. The normalized spacial score (nSPS) is 29.0. The van der Waals surface area contributed by atoms with Gasteiger partial charge < -0.3 is 83.0 Å². The van der Waals surface area contributed by atoms with Crippen molar-refractivity contribution < 1.29 is 145 Å². The van der Waals surface area contributed by atoms with Gasteiger partial charge in [0.2, 0.25) is 0 Å². The Morgan fingerprint density at radius 2 is 0.712 bits per heavy atom. The number of hydrogen-bond donors (Lipinski definition) is 6. The van der Waals surface area contributed by atoms with Crippen molar-refractivity contribution in [2.45, 2.75) is 187 Å². The SMILES string of the molecule is Cc1ccc(S(=O)(=O)O[C@@H]2CO[C@H]3[C@@H]2OC[C@@H]3Br)cc1.Cc1ccc(S(=O)(=O)O[C@@H]2CO[C@H]3[C@@H]2OC[C@H]3O)cc1.Cc1ccc(S(=O)(=O)O[C@@H]2CO[C@H]3[C@@H]2OC[C@H]3OS(=O)(=O)c2ccc(C)cc2)cc1.Cc1ccc(S(=O)(=O)O[C@H](CO)[C@@H]2C=CCO2)cc1.O=C(NC[C@H](O)[C@@H]1C=CCO1)OCc1ccccc1.O[C@@H]1CO[C@H]2[C@@H]1OC[C@H]2O. The molecule has 646 valence electrons. The molecule has 10 aliphatic rings. The zero-order chi connectivity index (χ0) is 84.7. The van der Waals surface area contributed by atoms with Gasteiger partial charge in [-0.25, -0.2) is 4.79 Å². The summed E-state index contributed by atoms with van der Waals surface area (Å²) in [5.41, 5.74) is 5.68. The fourth-order valence-corrected chi connectivity index (χ4v) is 19.2. The molecule has 8 saturated heterocycles. The van der Waals surface area contributed by atoms with Crippen LogP contribution in [0, 0.1) is 34.6 Å². The Hall–Kier alpha value is -6.50. The molecular formula is C79H96BrNO32S5. The number of rotatable bonds is 22. The van der Waals surface area contributed by atoms with Crippen LogP contribution in [0.4, 0.5) is 4.79 Å². The number of carbonyl (C=O) groups excluding carboxylic acids is 1. The number of halogens is 1. The van der Waals surface area contributed by atoms with Crippen LogP contribution in [0.3, 0.4) is 0 Å². The Morgan fingerprint density at radius 3 is 1.08 bits per heavy atom. The van der Waals surface area contributed by atoms with Gasteiger partial charge in [0.15, 0.2) is 0 Å². The van der Waals surface area contributed by atoms with E-state index in [4.69, 9.17) is 83.2 Å². The van der Waals surface area contributed by atoms with Gasteiger partial charge in [0.1, 0.15) is 123 Å². The lowest BCUT2D eigenvalue weighted by Crippen LogP contribution is -2.38. The predicted molar refractivity (Wildman–Crippen MR) is 420 cm³/mol. The molecule has 0 saturated carbocycles. The van der Waals surface area contributed by atoms with E-state index in [0.29, 0.717) is 19.8 Å². The van der Waals surface area contributed by atoms with Crippen LogP contribution in [0.1, 0.15) is 33.4 Å². The van der Waals surface area contributed by atoms with Crippen LogP contribution in [0.15, 0.2) is 200 Å². The second kappa shape index (κ2) is 41.6. The molecule has 0 spiro atoms. The van der Waals surface area contributed by atoms with Crippen molar-refractivity contribution in [2.24, 2.45) is 0 Å². The average molecular weight is 1810 g/mol. The highest BCUT2D eigenvalue weighted by Gasteiger charge is 2.54. The number of ether oxygens (including phenoxy) is 11. The summed E-state index contributed by atoms with van der Waals surface area (Å²) in [6.45, 7) is 11.5. The minimum absolute atomic E-state index is 0.0318. The van der Waals surface area contributed by atoms with E-state index in [1.165, 1.54) is 48.5 Å². The van der Waals surface area contributed by atoms with Gasteiger partial charge in [0.25, 0.3) is 50.6 Å². The van der Waals surface area contributed by atoms with Gasteiger partial charge >= 0.3 is 6.09 Å². The number of alkyl halides is 1. The van der Waals surface area contributed by atoms with E-state index >= 15 is 0 Å². The molecule has 6 N–H and O–H groups in total. The van der Waals surface area contributed by atoms with E-state index in [1.807, 2.05) is 71.0 Å². The molecule has 0 radical (unpaired) electrons. The lowest BCUT2D eigenvalue weighted by atomic mass is 10.1. The predicted octanol–water partition coefficient (Wildman–Crippen LogP) is 4.56. The van der Waals surface area contributed by atoms with Crippen LogP contribution in [0.25, 0.3) is 0 Å². The highest BCUT2D eigenvalue weighted by Crippen LogP contribution is 2.37. The average Bonchev–Trinajstić information content (AvgIpc) is 1.62. The second-order valence-corrected chi connectivity index (χ2v) is 37.8. The molecule has 0 unspecified atom stereocenters. The highest BCUT2D eigenvalue weighted by atomic mass is 79.9. The summed E-state index contributed by atoms with van der Waals surface area (Å²) in [6.07, 6.45) is -4.60. The fraction of sp³-hybridized carbons (Fsp3) is 0.481. The Bertz CT molecular complexity index is 4690. The molecule has 118 heavy (non-hydrogen) atoms. The first kappa shape index (κ1) is 92.2. The van der Waals surface area contributed by atoms with E-state index in [2.05, 4.69) is 21.2 Å². The van der Waals surface area contributed by atoms with Crippen LogP contribution in [0.2, 0.25) is 0 Å². The van der Waals surface area contributed by atoms with Crippen LogP contribution < -0.4 is 5.32 Å². The number of aryl methyl sites for hydroxylation is 5. The maximum absolute atomic E-state index is 12.6. The number of nitrogens with one attached hydrogen (secondary N) is 1.